The molecule has 0 spiro atoms. The number of urea groups is 1. The van der Waals surface area contributed by atoms with Crippen LogP contribution in [0.3, 0.4) is 0 Å². The van der Waals surface area contributed by atoms with Crippen LogP contribution in [0.2, 0.25) is 0 Å². The zero-order chi connectivity index (χ0) is 20.8. The van der Waals surface area contributed by atoms with Crippen LogP contribution in [0.4, 0.5) is 10.5 Å². The molecule has 1 heterocycles. The number of thioether (sulfide) groups is 1. The maximum absolute atomic E-state index is 13.0. The van der Waals surface area contributed by atoms with Crippen molar-refractivity contribution in [1.29, 1.82) is 0 Å². The topological polar surface area (TPSA) is 41.6 Å². The van der Waals surface area contributed by atoms with Crippen LogP contribution in [0.25, 0.3) is 0 Å². The highest BCUT2D eigenvalue weighted by atomic mass is 32.2. The quantitative estimate of drug-likeness (QED) is 0.525. The number of nitrogens with one attached hydrogen (secondary N) is 1. The van der Waals surface area contributed by atoms with Gasteiger partial charge in [0.25, 0.3) is 0 Å². The summed E-state index contributed by atoms with van der Waals surface area (Å²) in [5, 5.41) is 3.09. The van der Waals surface area contributed by atoms with Crippen LogP contribution >= 0.6 is 11.8 Å². The van der Waals surface area contributed by atoms with Crippen molar-refractivity contribution in [1.82, 2.24) is 4.90 Å². The van der Waals surface area contributed by atoms with E-state index in [9.17, 15) is 4.79 Å². The molecule has 0 bridgehead atoms. The van der Waals surface area contributed by atoms with E-state index in [4.69, 9.17) is 4.74 Å². The zero-order valence-electron chi connectivity index (χ0n) is 17.1. The first kappa shape index (κ1) is 20.4. The average Bonchev–Trinajstić information content (AvgIpc) is 3.29. The molecule has 1 aliphatic heterocycles. The van der Waals surface area contributed by atoms with Crippen LogP contribution in [-0.2, 0) is 13.0 Å². The van der Waals surface area contributed by atoms with Crippen molar-refractivity contribution >= 4 is 23.5 Å². The molecule has 1 N–H and O–H groups in total. The zero-order valence-corrected chi connectivity index (χ0v) is 17.9. The Hall–Kier alpha value is -2.92. The molecule has 0 unspecified atom stereocenters. The molecule has 0 aliphatic carbocycles. The van der Waals surface area contributed by atoms with Gasteiger partial charge in [-0.2, -0.15) is 0 Å². The van der Waals surface area contributed by atoms with E-state index in [1.54, 1.807) is 11.8 Å². The SMILES string of the molecule is CCc1ccccc1NC(=O)N1CCS[C@H]1c1cccc(OCc2ccccc2)c1. The van der Waals surface area contributed by atoms with Crippen LogP contribution in [0.15, 0.2) is 78.9 Å². The summed E-state index contributed by atoms with van der Waals surface area (Å²) in [7, 11) is 0. The monoisotopic (exact) mass is 418 g/mol. The maximum atomic E-state index is 13.0. The van der Waals surface area contributed by atoms with E-state index >= 15 is 0 Å². The summed E-state index contributed by atoms with van der Waals surface area (Å²) in [5.74, 6) is 1.74. The number of carbonyl (C=O) groups excluding carboxylic acids is 1. The number of anilines is 1. The third-order valence-electron chi connectivity index (χ3n) is 5.18. The third kappa shape index (κ3) is 4.79. The van der Waals surface area contributed by atoms with Crippen molar-refractivity contribution in [3.8, 4) is 5.75 Å². The van der Waals surface area contributed by atoms with Crippen LogP contribution in [0.5, 0.6) is 5.75 Å². The number of para-hydroxylation sites is 1. The van der Waals surface area contributed by atoms with Gasteiger partial charge in [-0.05, 0) is 41.3 Å². The second kappa shape index (κ2) is 9.72. The Morgan fingerprint density at radius 1 is 1.07 bits per heavy atom. The van der Waals surface area contributed by atoms with Gasteiger partial charge in [-0.1, -0.05) is 67.6 Å². The van der Waals surface area contributed by atoms with E-state index in [1.165, 1.54) is 0 Å². The van der Waals surface area contributed by atoms with E-state index in [1.807, 2.05) is 59.5 Å². The molecular weight excluding hydrogens is 392 g/mol. The number of amides is 2. The predicted octanol–water partition coefficient (Wildman–Crippen LogP) is 6.11. The van der Waals surface area contributed by atoms with Gasteiger partial charge in [-0.3, -0.25) is 0 Å². The van der Waals surface area contributed by atoms with E-state index in [0.717, 1.165) is 46.8 Å². The van der Waals surface area contributed by atoms with E-state index in [2.05, 4.69) is 36.5 Å². The van der Waals surface area contributed by atoms with Gasteiger partial charge in [0.15, 0.2) is 0 Å². The minimum atomic E-state index is -0.0542. The molecule has 2 amide bonds. The molecule has 5 heteroatoms. The van der Waals surface area contributed by atoms with Crippen molar-refractivity contribution in [3.63, 3.8) is 0 Å². The van der Waals surface area contributed by atoms with Gasteiger partial charge in [-0.15, -0.1) is 11.8 Å². The lowest BCUT2D eigenvalue weighted by atomic mass is 10.1. The van der Waals surface area contributed by atoms with Gasteiger partial charge in [0.2, 0.25) is 0 Å². The first-order valence-electron chi connectivity index (χ1n) is 10.3. The van der Waals surface area contributed by atoms with Crippen LogP contribution in [-0.4, -0.2) is 23.2 Å². The Kier molecular flexibility index (Phi) is 6.60. The van der Waals surface area contributed by atoms with Crippen molar-refractivity contribution in [2.75, 3.05) is 17.6 Å². The molecule has 0 aromatic heterocycles. The number of carbonyl (C=O) groups is 1. The Morgan fingerprint density at radius 3 is 2.70 bits per heavy atom. The minimum absolute atomic E-state index is 0.0148. The standard InChI is InChI=1S/C25H26N2O2S/c1-2-20-11-6-7-14-23(20)26-25(28)27-15-16-30-24(27)21-12-8-13-22(17-21)29-18-19-9-4-3-5-10-19/h3-14,17,24H,2,15-16,18H2,1H3,(H,26,28)/t24-/m0/s1. The predicted molar refractivity (Wildman–Crippen MR) is 124 cm³/mol. The number of aryl methyl sites for hydroxylation is 1. The largest absolute Gasteiger partial charge is 0.489 e. The molecule has 1 fully saturated rings. The molecule has 1 aliphatic rings. The molecule has 3 aromatic rings. The fourth-order valence-corrected chi connectivity index (χ4v) is 4.84. The summed E-state index contributed by atoms with van der Waals surface area (Å²) in [4.78, 5) is 14.9. The van der Waals surface area contributed by atoms with E-state index < -0.39 is 0 Å². The summed E-state index contributed by atoms with van der Waals surface area (Å²) in [6.45, 7) is 3.35. The van der Waals surface area contributed by atoms with Crippen LogP contribution < -0.4 is 10.1 Å². The second-order valence-electron chi connectivity index (χ2n) is 7.20. The molecule has 4 rings (SSSR count). The van der Waals surface area contributed by atoms with Gasteiger partial charge in [0, 0.05) is 18.0 Å². The molecule has 154 valence electrons. The Morgan fingerprint density at radius 2 is 1.87 bits per heavy atom. The molecule has 4 nitrogen and oxygen atoms in total. The van der Waals surface area contributed by atoms with Gasteiger partial charge in [0.1, 0.15) is 17.7 Å². The molecule has 1 saturated heterocycles. The molecular formula is C25H26N2O2S. The Balaban J connectivity index is 1.45. The number of rotatable bonds is 6. The van der Waals surface area contributed by atoms with E-state index in [0.29, 0.717) is 6.61 Å². The third-order valence-corrected chi connectivity index (χ3v) is 6.44. The number of benzene rings is 3. The Labute approximate surface area is 182 Å². The number of nitrogens with zero attached hydrogens (tertiary/aromatic N) is 1. The molecule has 3 aromatic carbocycles. The molecule has 30 heavy (non-hydrogen) atoms. The summed E-state index contributed by atoms with van der Waals surface area (Å²) in [5.41, 5.74) is 4.25. The number of hydrogen-bond donors (Lipinski definition) is 1. The minimum Gasteiger partial charge on any atom is -0.489 e. The molecule has 0 saturated carbocycles. The fourth-order valence-electron chi connectivity index (χ4n) is 3.59. The van der Waals surface area contributed by atoms with Crippen molar-refractivity contribution < 1.29 is 9.53 Å². The van der Waals surface area contributed by atoms with Gasteiger partial charge in [0.05, 0.1) is 0 Å². The van der Waals surface area contributed by atoms with E-state index in [-0.39, 0.29) is 11.4 Å². The van der Waals surface area contributed by atoms with Crippen LogP contribution in [0.1, 0.15) is 29.0 Å². The second-order valence-corrected chi connectivity index (χ2v) is 8.39. The normalized spacial score (nSPS) is 15.8. The van der Waals surface area contributed by atoms with Crippen LogP contribution in [0, 0.1) is 0 Å². The van der Waals surface area contributed by atoms with Gasteiger partial charge < -0.3 is 15.0 Å². The lowest BCUT2D eigenvalue weighted by Gasteiger charge is -2.25. The molecule has 1 atom stereocenters. The average molecular weight is 419 g/mol. The summed E-state index contributed by atoms with van der Waals surface area (Å²) < 4.78 is 5.99. The lowest BCUT2D eigenvalue weighted by Crippen LogP contribution is -2.34. The van der Waals surface area contributed by atoms with Crippen molar-refractivity contribution in [2.24, 2.45) is 0 Å². The maximum Gasteiger partial charge on any atom is 0.323 e. The number of hydrogen-bond acceptors (Lipinski definition) is 3. The smallest absolute Gasteiger partial charge is 0.323 e. The summed E-state index contributed by atoms with van der Waals surface area (Å²) in [6.07, 6.45) is 0.884. The lowest BCUT2D eigenvalue weighted by molar-refractivity contribution is 0.214. The first-order chi connectivity index (χ1) is 14.7. The first-order valence-corrected chi connectivity index (χ1v) is 11.3. The summed E-state index contributed by atoms with van der Waals surface area (Å²) >= 11 is 1.79. The number of ether oxygens (including phenoxy) is 1. The van der Waals surface area contributed by atoms with Crippen molar-refractivity contribution in [2.45, 2.75) is 25.3 Å². The highest BCUT2D eigenvalue weighted by Gasteiger charge is 2.31. The fraction of sp³-hybridized carbons (Fsp3) is 0.240. The van der Waals surface area contributed by atoms with Gasteiger partial charge in [-0.25, -0.2) is 4.79 Å². The highest BCUT2D eigenvalue weighted by Crippen LogP contribution is 2.39. The van der Waals surface area contributed by atoms with Crippen molar-refractivity contribution in [3.05, 3.63) is 95.6 Å². The Bertz CT molecular complexity index is 993. The summed E-state index contributed by atoms with van der Waals surface area (Å²) in [6, 6.07) is 26.1. The molecule has 0 radical (unpaired) electrons. The highest BCUT2D eigenvalue weighted by molar-refractivity contribution is 7.99. The van der Waals surface area contributed by atoms with Gasteiger partial charge >= 0.3 is 6.03 Å².